The van der Waals surface area contributed by atoms with Gasteiger partial charge in [-0.1, -0.05) is 6.92 Å². The minimum Gasteiger partial charge on any atom is -0.476 e. The van der Waals surface area contributed by atoms with E-state index >= 15 is 0 Å². The summed E-state index contributed by atoms with van der Waals surface area (Å²) in [5, 5.41) is 3.43. The predicted octanol–water partition coefficient (Wildman–Crippen LogP) is 1.57. The van der Waals surface area contributed by atoms with Gasteiger partial charge >= 0.3 is 0 Å². The maximum atomic E-state index is 5.84. The first-order valence-corrected chi connectivity index (χ1v) is 6.53. The second-order valence-electron chi connectivity index (χ2n) is 4.83. The van der Waals surface area contributed by atoms with Gasteiger partial charge in [0.15, 0.2) is 0 Å². The summed E-state index contributed by atoms with van der Waals surface area (Å²) in [5.74, 6) is 1.38. The summed E-state index contributed by atoms with van der Waals surface area (Å²) in [6.07, 6.45) is 2.10. The summed E-state index contributed by atoms with van der Waals surface area (Å²) in [6, 6.07) is 4.22. The van der Waals surface area contributed by atoms with Crippen LogP contribution < -0.4 is 15.8 Å². The first kappa shape index (κ1) is 13.0. The average molecular weight is 250 g/mol. The van der Waals surface area contributed by atoms with E-state index in [1.54, 1.807) is 0 Å². The molecule has 1 fully saturated rings. The largest absolute Gasteiger partial charge is 0.476 e. The fourth-order valence-corrected chi connectivity index (χ4v) is 2.11. The zero-order valence-corrected chi connectivity index (χ0v) is 11.1. The van der Waals surface area contributed by atoms with Gasteiger partial charge in [-0.2, -0.15) is 4.98 Å². The number of nitrogen functional groups attached to an aromatic ring is 1. The molecule has 1 aliphatic heterocycles. The Balaban J connectivity index is 2.00. The van der Waals surface area contributed by atoms with Crippen LogP contribution in [0.2, 0.25) is 0 Å². The van der Waals surface area contributed by atoms with Crippen LogP contribution in [0.1, 0.15) is 19.8 Å². The highest BCUT2D eigenvalue weighted by atomic mass is 16.5. The Morgan fingerprint density at radius 2 is 2.39 bits per heavy atom. The molecule has 18 heavy (non-hydrogen) atoms. The molecule has 5 nitrogen and oxygen atoms in total. The number of ether oxygens (including phenoxy) is 1. The van der Waals surface area contributed by atoms with Crippen molar-refractivity contribution in [1.82, 2.24) is 9.88 Å². The van der Waals surface area contributed by atoms with Gasteiger partial charge in [0.2, 0.25) is 5.88 Å². The number of anilines is 2. The molecule has 2 rings (SSSR count). The molecule has 0 spiro atoms. The van der Waals surface area contributed by atoms with Gasteiger partial charge in [0.25, 0.3) is 0 Å². The standard InChI is InChI=1S/C13H22N4O/c1-3-8-18-13-11(14)4-5-12(16-13)15-10-6-7-17(2)9-10/h4-5,10H,3,6-9,14H2,1-2H3,(H,15,16). The van der Waals surface area contributed by atoms with Crippen molar-refractivity contribution in [3.8, 4) is 5.88 Å². The smallest absolute Gasteiger partial charge is 0.239 e. The molecule has 100 valence electrons. The maximum absolute atomic E-state index is 5.84. The molecule has 0 bridgehead atoms. The minimum absolute atomic E-state index is 0.463. The van der Waals surface area contributed by atoms with Crippen molar-refractivity contribution in [1.29, 1.82) is 0 Å². The summed E-state index contributed by atoms with van der Waals surface area (Å²) in [4.78, 5) is 6.73. The number of pyridine rings is 1. The molecule has 0 aliphatic carbocycles. The van der Waals surface area contributed by atoms with Gasteiger partial charge in [-0.3, -0.25) is 0 Å². The van der Waals surface area contributed by atoms with Crippen molar-refractivity contribution in [2.45, 2.75) is 25.8 Å². The Morgan fingerprint density at radius 3 is 3.06 bits per heavy atom. The molecule has 1 unspecified atom stereocenters. The van der Waals surface area contributed by atoms with E-state index in [-0.39, 0.29) is 0 Å². The minimum atomic E-state index is 0.463. The van der Waals surface area contributed by atoms with Crippen molar-refractivity contribution in [3.63, 3.8) is 0 Å². The van der Waals surface area contributed by atoms with Crippen LogP contribution in [0.15, 0.2) is 12.1 Å². The quantitative estimate of drug-likeness (QED) is 0.830. The number of aromatic nitrogens is 1. The number of hydrogen-bond donors (Lipinski definition) is 2. The average Bonchev–Trinajstić information content (AvgIpc) is 2.75. The SMILES string of the molecule is CCCOc1nc(NC2CCN(C)C2)ccc1N. The van der Waals surface area contributed by atoms with Crippen molar-refractivity contribution < 1.29 is 4.74 Å². The number of likely N-dealkylation sites (tertiary alicyclic amines) is 1. The molecule has 1 saturated heterocycles. The highest BCUT2D eigenvalue weighted by Gasteiger charge is 2.19. The zero-order valence-electron chi connectivity index (χ0n) is 11.1. The fraction of sp³-hybridized carbons (Fsp3) is 0.615. The predicted molar refractivity (Wildman–Crippen MR) is 74.0 cm³/mol. The number of hydrogen-bond acceptors (Lipinski definition) is 5. The molecule has 0 saturated carbocycles. The number of likely N-dealkylation sites (N-methyl/N-ethyl adjacent to an activating group) is 1. The van der Waals surface area contributed by atoms with Gasteiger partial charge in [-0.15, -0.1) is 0 Å². The van der Waals surface area contributed by atoms with Crippen LogP contribution in [-0.4, -0.2) is 42.7 Å². The van der Waals surface area contributed by atoms with Crippen LogP contribution in [0.4, 0.5) is 11.5 Å². The molecule has 2 heterocycles. The Labute approximate surface area is 108 Å². The molecule has 0 aromatic carbocycles. The van der Waals surface area contributed by atoms with Crippen LogP contribution in [0.3, 0.4) is 0 Å². The molecule has 0 amide bonds. The monoisotopic (exact) mass is 250 g/mol. The maximum Gasteiger partial charge on any atom is 0.239 e. The summed E-state index contributed by atoms with van der Waals surface area (Å²) < 4.78 is 5.53. The van der Waals surface area contributed by atoms with Gasteiger partial charge in [0.1, 0.15) is 5.82 Å². The van der Waals surface area contributed by atoms with Crippen molar-refractivity contribution in [2.75, 3.05) is 37.8 Å². The molecule has 0 radical (unpaired) electrons. The summed E-state index contributed by atoms with van der Waals surface area (Å²) in [6.45, 7) is 4.89. The van der Waals surface area contributed by atoms with E-state index in [9.17, 15) is 0 Å². The number of nitrogens with zero attached hydrogens (tertiary/aromatic N) is 2. The molecule has 1 aromatic heterocycles. The highest BCUT2D eigenvalue weighted by molar-refractivity contribution is 5.53. The summed E-state index contributed by atoms with van der Waals surface area (Å²) in [7, 11) is 2.13. The molecular formula is C13H22N4O. The van der Waals surface area contributed by atoms with Crippen molar-refractivity contribution in [3.05, 3.63) is 12.1 Å². The van der Waals surface area contributed by atoms with E-state index in [1.165, 1.54) is 0 Å². The van der Waals surface area contributed by atoms with Gasteiger partial charge in [-0.05, 0) is 38.6 Å². The molecular weight excluding hydrogens is 228 g/mol. The lowest BCUT2D eigenvalue weighted by Gasteiger charge is -2.15. The van der Waals surface area contributed by atoms with Crippen molar-refractivity contribution in [2.24, 2.45) is 0 Å². The van der Waals surface area contributed by atoms with E-state index in [4.69, 9.17) is 10.5 Å². The Morgan fingerprint density at radius 1 is 1.56 bits per heavy atom. The first-order valence-electron chi connectivity index (χ1n) is 6.53. The topological polar surface area (TPSA) is 63.4 Å². The van der Waals surface area contributed by atoms with E-state index in [1.807, 2.05) is 12.1 Å². The Hall–Kier alpha value is -1.49. The molecule has 1 aromatic rings. The van der Waals surface area contributed by atoms with E-state index < -0.39 is 0 Å². The van der Waals surface area contributed by atoms with E-state index in [0.29, 0.717) is 24.2 Å². The van der Waals surface area contributed by atoms with Crippen LogP contribution in [0.5, 0.6) is 5.88 Å². The highest BCUT2D eigenvalue weighted by Crippen LogP contribution is 2.22. The fourth-order valence-electron chi connectivity index (χ4n) is 2.11. The molecule has 1 aliphatic rings. The lowest BCUT2D eigenvalue weighted by atomic mass is 10.2. The van der Waals surface area contributed by atoms with Gasteiger partial charge in [-0.25, -0.2) is 0 Å². The van der Waals surface area contributed by atoms with Gasteiger partial charge < -0.3 is 20.7 Å². The van der Waals surface area contributed by atoms with E-state index in [0.717, 1.165) is 31.7 Å². The second kappa shape index (κ2) is 5.91. The third-order valence-corrected chi connectivity index (χ3v) is 3.08. The Bertz CT molecular complexity index is 397. The molecule has 1 atom stereocenters. The normalized spacial score (nSPS) is 20.0. The third-order valence-electron chi connectivity index (χ3n) is 3.08. The summed E-state index contributed by atoms with van der Waals surface area (Å²) in [5.41, 5.74) is 6.43. The molecule has 5 heteroatoms. The second-order valence-corrected chi connectivity index (χ2v) is 4.83. The third kappa shape index (κ3) is 3.26. The van der Waals surface area contributed by atoms with Gasteiger partial charge in [0, 0.05) is 12.6 Å². The number of rotatable bonds is 5. The van der Waals surface area contributed by atoms with Gasteiger partial charge in [0.05, 0.1) is 12.3 Å². The van der Waals surface area contributed by atoms with Crippen LogP contribution in [0.25, 0.3) is 0 Å². The molecule has 3 N–H and O–H groups in total. The van der Waals surface area contributed by atoms with Crippen molar-refractivity contribution >= 4 is 11.5 Å². The Kier molecular flexibility index (Phi) is 4.25. The van der Waals surface area contributed by atoms with Crippen LogP contribution in [0, 0.1) is 0 Å². The zero-order chi connectivity index (χ0) is 13.0. The lowest BCUT2D eigenvalue weighted by Crippen LogP contribution is -2.24. The number of nitrogens with two attached hydrogens (primary N) is 1. The first-order chi connectivity index (χ1) is 8.69. The van der Waals surface area contributed by atoms with Crippen LogP contribution >= 0.6 is 0 Å². The van der Waals surface area contributed by atoms with E-state index in [2.05, 4.69) is 29.2 Å². The van der Waals surface area contributed by atoms with Crippen LogP contribution in [-0.2, 0) is 0 Å². The lowest BCUT2D eigenvalue weighted by molar-refractivity contribution is 0.307. The number of nitrogens with one attached hydrogen (secondary N) is 1. The summed E-state index contributed by atoms with van der Waals surface area (Å²) >= 11 is 0.